The van der Waals surface area contributed by atoms with E-state index in [0.29, 0.717) is 27.8 Å². The van der Waals surface area contributed by atoms with E-state index in [2.05, 4.69) is 0 Å². The molecular weight excluding hydrogens is 336 g/mol. The summed E-state index contributed by atoms with van der Waals surface area (Å²) in [4.78, 5) is 0.315. The fourth-order valence-electron chi connectivity index (χ4n) is 2.75. The fraction of sp³-hybridized carbons (Fsp3) is 0.294. The highest BCUT2D eigenvalue weighted by Gasteiger charge is 2.48. The van der Waals surface area contributed by atoms with Crippen LogP contribution in [0, 0.1) is 0 Å². The molecule has 2 aromatic rings. The smallest absolute Gasteiger partial charge is 0.181 e. The molecule has 3 rings (SSSR count). The van der Waals surface area contributed by atoms with Gasteiger partial charge in [0.15, 0.2) is 21.3 Å². The Morgan fingerprint density at radius 2 is 1.65 bits per heavy atom. The van der Waals surface area contributed by atoms with Crippen molar-refractivity contribution < 1.29 is 17.9 Å². The SMILES string of the molecule is COc1ccc([C@@H]2C[C@H]2S(=O)(=O)c2ccc(Cl)cc2)cc1OC. The number of sulfone groups is 1. The van der Waals surface area contributed by atoms with E-state index < -0.39 is 15.1 Å². The van der Waals surface area contributed by atoms with Gasteiger partial charge in [-0.2, -0.15) is 0 Å². The number of hydrogen-bond donors (Lipinski definition) is 0. The topological polar surface area (TPSA) is 52.6 Å². The minimum Gasteiger partial charge on any atom is -0.493 e. The van der Waals surface area contributed by atoms with Crippen molar-refractivity contribution in [2.75, 3.05) is 14.2 Å². The lowest BCUT2D eigenvalue weighted by Crippen LogP contribution is -2.09. The highest BCUT2D eigenvalue weighted by Crippen LogP contribution is 2.49. The van der Waals surface area contributed by atoms with E-state index in [-0.39, 0.29) is 5.92 Å². The Balaban J connectivity index is 1.85. The molecule has 2 atom stereocenters. The van der Waals surface area contributed by atoms with Crippen molar-refractivity contribution in [2.24, 2.45) is 0 Å². The molecule has 1 fully saturated rings. The first kappa shape index (κ1) is 16.1. The molecule has 6 heteroatoms. The van der Waals surface area contributed by atoms with Gasteiger partial charge in [-0.1, -0.05) is 17.7 Å². The molecule has 0 aliphatic heterocycles. The first-order valence-electron chi connectivity index (χ1n) is 7.18. The first-order valence-corrected chi connectivity index (χ1v) is 9.11. The normalized spacial score (nSPS) is 20.1. The summed E-state index contributed by atoms with van der Waals surface area (Å²) in [5.41, 5.74) is 0.949. The Morgan fingerprint density at radius 1 is 1.00 bits per heavy atom. The largest absolute Gasteiger partial charge is 0.493 e. The van der Waals surface area contributed by atoms with Crippen LogP contribution in [0.2, 0.25) is 5.02 Å². The molecule has 23 heavy (non-hydrogen) atoms. The van der Waals surface area contributed by atoms with Crippen LogP contribution in [0.1, 0.15) is 17.9 Å². The monoisotopic (exact) mass is 352 g/mol. The summed E-state index contributed by atoms with van der Waals surface area (Å²) in [5.74, 6) is 1.23. The predicted molar refractivity (Wildman–Crippen MR) is 89.3 cm³/mol. The number of methoxy groups -OCH3 is 2. The molecule has 2 aromatic carbocycles. The van der Waals surface area contributed by atoms with Crippen molar-refractivity contribution in [3.63, 3.8) is 0 Å². The highest BCUT2D eigenvalue weighted by molar-refractivity contribution is 7.92. The molecule has 0 aromatic heterocycles. The highest BCUT2D eigenvalue weighted by atomic mass is 35.5. The molecule has 0 bridgehead atoms. The molecule has 0 saturated heterocycles. The molecule has 1 aliphatic carbocycles. The zero-order valence-corrected chi connectivity index (χ0v) is 14.4. The van der Waals surface area contributed by atoms with Crippen molar-refractivity contribution in [2.45, 2.75) is 22.5 Å². The van der Waals surface area contributed by atoms with Gasteiger partial charge in [-0.05, 0) is 48.4 Å². The zero-order valence-electron chi connectivity index (χ0n) is 12.8. The van der Waals surface area contributed by atoms with E-state index in [4.69, 9.17) is 21.1 Å². The van der Waals surface area contributed by atoms with Crippen molar-refractivity contribution in [3.8, 4) is 11.5 Å². The second-order valence-corrected chi connectivity index (χ2v) is 8.10. The summed E-state index contributed by atoms with van der Waals surface area (Å²) in [6.45, 7) is 0. The van der Waals surface area contributed by atoms with Gasteiger partial charge in [-0.15, -0.1) is 0 Å². The van der Waals surface area contributed by atoms with Crippen molar-refractivity contribution in [1.29, 1.82) is 0 Å². The van der Waals surface area contributed by atoms with Crippen molar-refractivity contribution in [3.05, 3.63) is 53.1 Å². The van der Waals surface area contributed by atoms with Crippen LogP contribution in [0.15, 0.2) is 47.4 Å². The zero-order chi connectivity index (χ0) is 16.6. The van der Waals surface area contributed by atoms with Gasteiger partial charge in [-0.25, -0.2) is 8.42 Å². The van der Waals surface area contributed by atoms with E-state index in [0.717, 1.165) is 5.56 Å². The lowest BCUT2D eigenvalue weighted by Gasteiger charge is -2.10. The molecule has 0 amide bonds. The van der Waals surface area contributed by atoms with Crippen LogP contribution in [-0.2, 0) is 9.84 Å². The maximum absolute atomic E-state index is 12.7. The van der Waals surface area contributed by atoms with Gasteiger partial charge in [0.2, 0.25) is 0 Å². The minimum atomic E-state index is -3.35. The first-order chi connectivity index (χ1) is 11.0. The van der Waals surface area contributed by atoms with Gasteiger partial charge >= 0.3 is 0 Å². The average Bonchev–Trinajstić information content (AvgIpc) is 3.36. The maximum Gasteiger partial charge on any atom is 0.181 e. The Bertz CT molecular complexity index is 815. The van der Waals surface area contributed by atoms with Crippen LogP contribution >= 0.6 is 11.6 Å². The summed E-state index contributed by atoms with van der Waals surface area (Å²) in [6, 6.07) is 11.9. The summed E-state index contributed by atoms with van der Waals surface area (Å²) < 4.78 is 35.8. The lowest BCUT2D eigenvalue weighted by molar-refractivity contribution is 0.354. The molecular formula is C17H17ClO4S. The summed E-state index contributed by atoms with van der Waals surface area (Å²) in [5, 5.41) is 0.123. The molecule has 0 unspecified atom stereocenters. The average molecular weight is 353 g/mol. The molecule has 1 saturated carbocycles. The third-order valence-corrected chi connectivity index (χ3v) is 6.61. The van der Waals surface area contributed by atoms with Crippen LogP contribution in [0.25, 0.3) is 0 Å². The maximum atomic E-state index is 12.7. The molecule has 122 valence electrons. The molecule has 0 spiro atoms. The lowest BCUT2D eigenvalue weighted by atomic mass is 10.1. The molecule has 1 aliphatic rings. The number of halogens is 1. The van der Waals surface area contributed by atoms with E-state index in [1.54, 1.807) is 44.6 Å². The summed E-state index contributed by atoms with van der Waals surface area (Å²) in [6.07, 6.45) is 0.612. The Kier molecular flexibility index (Phi) is 4.25. The Morgan fingerprint density at radius 3 is 2.26 bits per heavy atom. The van der Waals surface area contributed by atoms with Gasteiger partial charge in [-0.3, -0.25) is 0 Å². The number of hydrogen-bond acceptors (Lipinski definition) is 4. The van der Waals surface area contributed by atoms with Crippen LogP contribution in [-0.4, -0.2) is 27.9 Å². The third kappa shape index (κ3) is 3.03. The quantitative estimate of drug-likeness (QED) is 0.823. The van der Waals surface area contributed by atoms with E-state index >= 15 is 0 Å². The van der Waals surface area contributed by atoms with Gasteiger partial charge in [0.1, 0.15) is 0 Å². The molecule has 4 nitrogen and oxygen atoms in total. The van der Waals surface area contributed by atoms with Gasteiger partial charge < -0.3 is 9.47 Å². The predicted octanol–water partition coefficient (Wildman–Crippen LogP) is 3.69. The fourth-order valence-corrected chi connectivity index (χ4v) is 4.79. The summed E-state index contributed by atoms with van der Waals surface area (Å²) in [7, 11) is -0.208. The second-order valence-electron chi connectivity index (χ2n) is 5.49. The van der Waals surface area contributed by atoms with Crippen LogP contribution in [0.5, 0.6) is 11.5 Å². The van der Waals surface area contributed by atoms with Crippen LogP contribution < -0.4 is 9.47 Å². The molecule has 0 heterocycles. The molecule has 0 radical (unpaired) electrons. The van der Waals surface area contributed by atoms with Crippen molar-refractivity contribution in [1.82, 2.24) is 0 Å². The van der Waals surface area contributed by atoms with E-state index in [1.165, 1.54) is 0 Å². The van der Waals surface area contributed by atoms with E-state index in [9.17, 15) is 8.42 Å². The number of benzene rings is 2. The van der Waals surface area contributed by atoms with Crippen LogP contribution in [0.4, 0.5) is 0 Å². The Hall–Kier alpha value is -1.72. The third-order valence-electron chi connectivity index (χ3n) is 4.11. The second kappa shape index (κ2) is 6.06. The number of ether oxygens (including phenoxy) is 2. The summed E-state index contributed by atoms with van der Waals surface area (Å²) >= 11 is 5.82. The number of rotatable bonds is 5. The van der Waals surface area contributed by atoms with E-state index in [1.807, 2.05) is 12.1 Å². The Labute approximate surface area is 140 Å². The standard InChI is InChI=1S/C17H17ClO4S/c1-21-15-8-3-11(9-16(15)22-2)14-10-17(14)23(19,20)13-6-4-12(18)5-7-13/h3-9,14,17H,10H2,1-2H3/t14-,17+/m0/s1. The van der Waals surface area contributed by atoms with Gasteiger partial charge in [0, 0.05) is 10.9 Å². The van der Waals surface area contributed by atoms with Gasteiger partial charge in [0.25, 0.3) is 0 Å². The van der Waals surface area contributed by atoms with Crippen LogP contribution in [0.3, 0.4) is 0 Å². The van der Waals surface area contributed by atoms with Crippen molar-refractivity contribution >= 4 is 21.4 Å². The molecule has 0 N–H and O–H groups in total. The van der Waals surface area contributed by atoms with Gasteiger partial charge in [0.05, 0.1) is 24.4 Å². The minimum absolute atomic E-state index is 0.0181.